The van der Waals surface area contributed by atoms with E-state index in [0.29, 0.717) is 24.0 Å². The van der Waals surface area contributed by atoms with E-state index in [9.17, 15) is 27.2 Å². The Kier molecular flexibility index (Phi) is 5.40. The van der Waals surface area contributed by atoms with Crippen LogP contribution in [0.25, 0.3) is 0 Å². The number of halogens is 4. The van der Waals surface area contributed by atoms with Crippen molar-refractivity contribution in [2.24, 2.45) is 11.8 Å². The fourth-order valence-corrected chi connectivity index (χ4v) is 3.16. The molecule has 0 saturated heterocycles. The molecule has 0 aliphatic heterocycles. The molecule has 0 radical (unpaired) electrons. The molecule has 0 unspecified atom stereocenters. The number of carboxylic acids is 2. The minimum Gasteiger partial charge on any atom is -0.481 e. The van der Waals surface area contributed by atoms with Crippen molar-refractivity contribution in [2.45, 2.75) is 24.7 Å². The average Bonchev–Trinajstić information content (AvgIpc) is 3.53. The normalized spacial score (nSPS) is 24.7. The largest absolute Gasteiger partial charge is 0.481 e. The van der Waals surface area contributed by atoms with Gasteiger partial charge in [0, 0.05) is 0 Å². The van der Waals surface area contributed by atoms with Crippen molar-refractivity contribution in [3.63, 3.8) is 0 Å². The highest BCUT2D eigenvalue weighted by atomic mass is 19.2. The Labute approximate surface area is 157 Å². The van der Waals surface area contributed by atoms with Crippen LogP contribution >= 0.6 is 0 Å². The van der Waals surface area contributed by atoms with Crippen molar-refractivity contribution in [1.82, 2.24) is 0 Å². The molecule has 4 atom stereocenters. The number of carbonyl (C=O) groups is 2. The third-order valence-electron chi connectivity index (χ3n) is 4.96. The van der Waals surface area contributed by atoms with Crippen molar-refractivity contribution in [1.29, 1.82) is 0 Å². The molecular weight excluding hydrogens is 380 g/mol. The first-order chi connectivity index (χ1) is 13.2. The van der Waals surface area contributed by atoms with Gasteiger partial charge in [-0.2, -0.15) is 0 Å². The van der Waals surface area contributed by atoms with Gasteiger partial charge in [-0.05, 0) is 60.1 Å². The van der Waals surface area contributed by atoms with Crippen molar-refractivity contribution in [2.75, 3.05) is 0 Å². The van der Waals surface area contributed by atoms with E-state index in [2.05, 4.69) is 0 Å². The number of aliphatic carboxylic acids is 2. The van der Waals surface area contributed by atoms with Crippen molar-refractivity contribution in [3.05, 3.63) is 70.8 Å². The molecular formula is C20H16F4O4. The van der Waals surface area contributed by atoms with Crippen LogP contribution in [0, 0.1) is 35.1 Å². The van der Waals surface area contributed by atoms with Gasteiger partial charge in [0.2, 0.25) is 0 Å². The number of carboxylic acid groups (broad SMARTS) is 2. The lowest BCUT2D eigenvalue weighted by Crippen LogP contribution is -1.99. The lowest BCUT2D eigenvalue weighted by atomic mass is 10.1. The molecule has 2 fully saturated rings. The van der Waals surface area contributed by atoms with Crippen molar-refractivity contribution in [3.8, 4) is 0 Å². The van der Waals surface area contributed by atoms with E-state index in [0.717, 1.165) is 24.3 Å². The van der Waals surface area contributed by atoms with Gasteiger partial charge in [-0.3, -0.25) is 9.59 Å². The van der Waals surface area contributed by atoms with E-state index in [4.69, 9.17) is 10.2 Å². The highest BCUT2D eigenvalue weighted by molar-refractivity contribution is 5.75. The third-order valence-corrected chi connectivity index (χ3v) is 4.96. The first kappa shape index (κ1) is 19.9. The molecule has 0 heterocycles. The molecule has 0 spiro atoms. The summed E-state index contributed by atoms with van der Waals surface area (Å²) in [6.45, 7) is 0. The van der Waals surface area contributed by atoms with E-state index in [-0.39, 0.29) is 11.8 Å². The summed E-state index contributed by atoms with van der Waals surface area (Å²) in [6.07, 6.45) is 1.03. The molecule has 4 nitrogen and oxygen atoms in total. The Morgan fingerprint density at radius 1 is 0.679 bits per heavy atom. The summed E-state index contributed by atoms with van der Waals surface area (Å²) in [4.78, 5) is 21.1. The molecule has 2 aliphatic carbocycles. The van der Waals surface area contributed by atoms with Crippen LogP contribution in [0.1, 0.15) is 35.8 Å². The Balaban J connectivity index is 0.000000161. The zero-order valence-electron chi connectivity index (χ0n) is 14.4. The zero-order chi connectivity index (χ0) is 20.6. The average molecular weight is 396 g/mol. The van der Waals surface area contributed by atoms with Gasteiger partial charge in [-0.15, -0.1) is 0 Å². The SMILES string of the molecule is O=C(O)[C@@H]1C[C@H]1c1ccc(F)c(F)c1.O=C(O)[C@H]1C[C@@H]1c1ccc(F)c(F)c1. The van der Waals surface area contributed by atoms with Crippen LogP contribution in [-0.4, -0.2) is 22.2 Å². The standard InChI is InChI=1S/2C10H8F2O2/c2*11-8-2-1-5(3-9(8)12)6-4-7(6)10(13)14/h2*1-3,6-7H,4H2,(H,13,14)/t2*6-,7+/m10/s1. The lowest BCUT2D eigenvalue weighted by molar-refractivity contribution is -0.139. The molecule has 0 bridgehead atoms. The summed E-state index contributed by atoms with van der Waals surface area (Å²) < 4.78 is 50.6. The molecule has 8 heteroatoms. The van der Waals surface area contributed by atoms with Gasteiger partial charge >= 0.3 is 11.9 Å². The molecule has 28 heavy (non-hydrogen) atoms. The first-order valence-electron chi connectivity index (χ1n) is 8.54. The molecule has 2 aliphatic rings. The van der Waals surface area contributed by atoms with Gasteiger partial charge < -0.3 is 10.2 Å². The second-order valence-corrected chi connectivity index (χ2v) is 6.92. The summed E-state index contributed by atoms with van der Waals surface area (Å²) in [5.74, 6) is -6.55. The summed E-state index contributed by atoms with van der Waals surface area (Å²) in [5, 5.41) is 17.3. The molecule has 2 saturated carbocycles. The van der Waals surface area contributed by atoms with E-state index in [1.165, 1.54) is 12.1 Å². The number of rotatable bonds is 4. The maximum atomic E-state index is 12.8. The van der Waals surface area contributed by atoms with Crippen LogP contribution in [0.2, 0.25) is 0 Å². The van der Waals surface area contributed by atoms with Crippen LogP contribution < -0.4 is 0 Å². The maximum absolute atomic E-state index is 12.8. The summed E-state index contributed by atoms with van der Waals surface area (Å²) in [5.41, 5.74) is 1.13. The molecule has 4 rings (SSSR count). The van der Waals surface area contributed by atoms with Gasteiger partial charge in [0.1, 0.15) is 0 Å². The molecule has 148 valence electrons. The number of hydrogen-bond donors (Lipinski definition) is 2. The molecule has 0 amide bonds. The second-order valence-electron chi connectivity index (χ2n) is 6.92. The van der Waals surface area contributed by atoms with E-state index in [1.807, 2.05) is 0 Å². The minimum absolute atomic E-state index is 0.150. The van der Waals surface area contributed by atoms with Crippen LogP contribution in [0.5, 0.6) is 0 Å². The highest BCUT2D eigenvalue weighted by Crippen LogP contribution is 2.48. The lowest BCUT2D eigenvalue weighted by Gasteiger charge is -1.99. The van der Waals surface area contributed by atoms with Crippen molar-refractivity contribution >= 4 is 11.9 Å². The Morgan fingerprint density at radius 2 is 1.04 bits per heavy atom. The van der Waals surface area contributed by atoms with Crippen molar-refractivity contribution < 1.29 is 37.4 Å². The fourth-order valence-electron chi connectivity index (χ4n) is 3.16. The maximum Gasteiger partial charge on any atom is 0.307 e. The summed E-state index contributed by atoms with van der Waals surface area (Å²) in [6, 6.07) is 7.08. The van der Waals surface area contributed by atoms with E-state index in [1.54, 1.807) is 0 Å². The van der Waals surface area contributed by atoms with Gasteiger partial charge in [0.25, 0.3) is 0 Å². The van der Waals surface area contributed by atoms with Crippen LogP contribution in [-0.2, 0) is 9.59 Å². The van der Waals surface area contributed by atoms with Crippen LogP contribution in [0.15, 0.2) is 36.4 Å². The fraction of sp³-hybridized carbons (Fsp3) is 0.300. The smallest absolute Gasteiger partial charge is 0.307 e. The monoisotopic (exact) mass is 396 g/mol. The van der Waals surface area contributed by atoms with Crippen LogP contribution in [0.4, 0.5) is 17.6 Å². The van der Waals surface area contributed by atoms with Gasteiger partial charge in [-0.1, -0.05) is 12.1 Å². The first-order valence-corrected chi connectivity index (χ1v) is 8.54. The summed E-state index contributed by atoms with van der Waals surface area (Å²) in [7, 11) is 0. The summed E-state index contributed by atoms with van der Waals surface area (Å²) >= 11 is 0. The second kappa shape index (κ2) is 7.61. The van der Waals surface area contributed by atoms with E-state index < -0.39 is 47.0 Å². The Bertz CT molecular complexity index is 855. The minimum atomic E-state index is -0.918. The Hall–Kier alpha value is -2.90. The topological polar surface area (TPSA) is 74.6 Å². The number of benzene rings is 2. The van der Waals surface area contributed by atoms with E-state index >= 15 is 0 Å². The van der Waals surface area contributed by atoms with Gasteiger partial charge in [-0.25, -0.2) is 17.6 Å². The van der Waals surface area contributed by atoms with Crippen LogP contribution in [0.3, 0.4) is 0 Å². The highest BCUT2D eigenvalue weighted by Gasteiger charge is 2.45. The van der Waals surface area contributed by atoms with Gasteiger partial charge in [0.05, 0.1) is 11.8 Å². The molecule has 2 aromatic carbocycles. The Morgan fingerprint density at radius 3 is 1.29 bits per heavy atom. The zero-order valence-corrected chi connectivity index (χ0v) is 14.4. The predicted octanol–water partition coefficient (Wildman–Crippen LogP) is 4.31. The van der Waals surface area contributed by atoms with Gasteiger partial charge in [0.15, 0.2) is 23.3 Å². The molecule has 0 aromatic heterocycles. The predicted molar refractivity (Wildman–Crippen MR) is 89.7 cm³/mol. The molecule has 2 N–H and O–H groups in total. The molecule has 2 aromatic rings. The quantitative estimate of drug-likeness (QED) is 0.756. The third kappa shape index (κ3) is 4.32. The number of hydrogen-bond acceptors (Lipinski definition) is 2.